The molecule has 0 aromatic carbocycles. The van der Waals surface area contributed by atoms with E-state index >= 15 is 0 Å². The summed E-state index contributed by atoms with van der Waals surface area (Å²) in [5.41, 5.74) is -0.139. The van der Waals surface area contributed by atoms with E-state index < -0.39 is 0 Å². The normalized spacial score (nSPS) is 13.0. The Morgan fingerprint density at radius 2 is 2.21 bits per heavy atom. The third-order valence-corrected chi connectivity index (χ3v) is 2.52. The molecular formula is C11H19NO2. The lowest BCUT2D eigenvalue weighted by Gasteiger charge is -2.06. The molecule has 1 atom stereocenters. The molecular weight excluding hydrogens is 178 g/mol. The van der Waals surface area contributed by atoms with Crippen LogP contribution >= 0.6 is 0 Å². The van der Waals surface area contributed by atoms with Gasteiger partial charge in [-0.15, -0.1) is 0 Å². The summed E-state index contributed by atoms with van der Waals surface area (Å²) < 4.78 is 5.05. The molecule has 3 heteroatoms. The Bertz CT molecular complexity index is 300. The first-order valence-corrected chi connectivity index (χ1v) is 5.42. The fourth-order valence-electron chi connectivity index (χ4n) is 1.56. The first kappa shape index (κ1) is 11.1. The van der Waals surface area contributed by atoms with Crippen LogP contribution in [0.4, 0.5) is 0 Å². The molecule has 0 aliphatic heterocycles. The molecule has 0 amide bonds. The highest BCUT2D eigenvalue weighted by Gasteiger charge is 2.09. The largest absolute Gasteiger partial charge is 0.383 e. The Balaban J connectivity index is 2.28. The molecule has 1 aromatic rings. The van der Waals surface area contributed by atoms with E-state index in [0.717, 1.165) is 12.2 Å². The van der Waals surface area contributed by atoms with Crippen molar-refractivity contribution in [2.75, 3.05) is 0 Å². The zero-order chi connectivity index (χ0) is 10.4. The highest BCUT2D eigenvalue weighted by molar-refractivity contribution is 5.00. The van der Waals surface area contributed by atoms with Gasteiger partial charge in [-0.05, 0) is 6.42 Å². The van der Waals surface area contributed by atoms with E-state index in [1.165, 1.54) is 25.7 Å². The van der Waals surface area contributed by atoms with Crippen LogP contribution in [0.2, 0.25) is 0 Å². The van der Waals surface area contributed by atoms with E-state index in [0.29, 0.717) is 5.92 Å². The van der Waals surface area contributed by atoms with Gasteiger partial charge in [0.1, 0.15) is 5.76 Å². The van der Waals surface area contributed by atoms with Crippen LogP contribution in [0.1, 0.15) is 57.6 Å². The summed E-state index contributed by atoms with van der Waals surface area (Å²) >= 11 is 0. The minimum absolute atomic E-state index is 0.139. The third-order valence-electron chi connectivity index (χ3n) is 2.52. The van der Waals surface area contributed by atoms with Crippen LogP contribution in [-0.4, -0.2) is 5.16 Å². The molecule has 0 fully saturated rings. The second kappa shape index (κ2) is 5.68. The first-order valence-electron chi connectivity index (χ1n) is 5.42. The monoisotopic (exact) mass is 197 g/mol. The molecule has 1 rings (SSSR count). The quantitative estimate of drug-likeness (QED) is 0.712. The van der Waals surface area contributed by atoms with E-state index in [-0.39, 0.29) is 5.56 Å². The second-order valence-corrected chi connectivity index (χ2v) is 3.87. The highest BCUT2D eigenvalue weighted by atomic mass is 16.5. The van der Waals surface area contributed by atoms with Crippen molar-refractivity contribution in [1.29, 1.82) is 0 Å². The minimum atomic E-state index is -0.139. The van der Waals surface area contributed by atoms with Gasteiger partial charge in [0.2, 0.25) is 0 Å². The van der Waals surface area contributed by atoms with Crippen LogP contribution in [0.15, 0.2) is 15.4 Å². The number of aromatic amines is 1. The topological polar surface area (TPSA) is 46.0 Å². The van der Waals surface area contributed by atoms with E-state index in [2.05, 4.69) is 19.0 Å². The van der Waals surface area contributed by atoms with Gasteiger partial charge in [-0.3, -0.25) is 4.79 Å². The number of nitrogens with one attached hydrogen (secondary N) is 1. The molecule has 1 aromatic heterocycles. The molecule has 0 saturated heterocycles. The molecule has 0 saturated carbocycles. The smallest absolute Gasteiger partial charge is 0.280 e. The van der Waals surface area contributed by atoms with Crippen LogP contribution in [0.5, 0.6) is 0 Å². The minimum Gasteiger partial charge on any atom is -0.383 e. The van der Waals surface area contributed by atoms with Crippen molar-refractivity contribution in [3.8, 4) is 0 Å². The van der Waals surface area contributed by atoms with Crippen molar-refractivity contribution in [3.05, 3.63) is 22.2 Å². The molecule has 0 bridgehead atoms. The average molecular weight is 197 g/mol. The second-order valence-electron chi connectivity index (χ2n) is 3.87. The fourth-order valence-corrected chi connectivity index (χ4v) is 1.56. The van der Waals surface area contributed by atoms with Crippen molar-refractivity contribution in [2.24, 2.45) is 0 Å². The standard InChI is InChI=1S/C11H19NO2/c1-3-4-5-6-7-9(2)10-8-11(13)12-14-10/h8-9H,3-7H2,1-2H3,(H,12,13). The van der Waals surface area contributed by atoms with Crippen LogP contribution in [0.3, 0.4) is 0 Å². The van der Waals surface area contributed by atoms with Gasteiger partial charge in [-0.25, -0.2) is 0 Å². The van der Waals surface area contributed by atoms with E-state index in [9.17, 15) is 4.79 Å². The molecule has 1 unspecified atom stereocenters. The molecule has 80 valence electrons. The van der Waals surface area contributed by atoms with E-state index in [4.69, 9.17) is 4.52 Å². The Kier molecular flexibility index (Phi) is 4.50. The maximum Gasteiger partial charge on any atom is 0.280 e. The van der Waals surface area contributed by atoms with Crippen LogP contribution in [-0.2, 0) is 0 Å². The highest BCUT2D eigenvalue weighted by Crippen LogP contribution is 2.20. The summed E-state index contributed by atoms with van der Waals surface area (Å²) in [4.78, 5) is 10.8. The summed E-state index contributed by atoms with van der Waals surface area (Å²) in [6, 6.07) is 1.55. The Morgan fingerprint density at radius 3 is 2.79 bits per heavy atom. The average Bonchev–Trinajstić information content (AvgIpc) is 2.59. The number of aromatic nitrogens is 1. The third kappa shape index (κ3) is 3.40. The zero-order valence-corrected chi connectivity index (χ0v) is 9.01. The van der Waals surface area contributed by atoms with E-state index in [1.807, 2.05) is 0 Å². The Labute approximate surface area is 84.5 Å². The number of hydrogen-bond donors (Lipinski definition) is 1. The summed E-state index contributed by atoms with van der Waals surface area (Å²) in [5, 5.41) is 2.32. The number of unbranched alkanes of at least 4 members (excludes halogenated alkanes) is 3. The van der Waals surface area contributed by atoms with Gasteiger partial charge in [0, 0.05) is 12.0 Å². The fraction of sp³-hybridized carbons (Fsp3) is 0.727. The van der Waals surface area contributed by atoms with Crippen LogP contribution < -0.4 is 5.56 Å². The van der Waals surface area contributed by atoms with Crippen molar-refractivity contribution >= 4 is 0 Å². The van der Waals surface area contributed by atoms with Crippen molar-refractivity contribution < 1.29 is 4.52 Å². The molecule has 1 heterocycles. The van der Waals surface area contributed by atoms with Crippen LogP contribution in [0, 0.1) is 0 Å². The van der Waals surface area contributed by atoms with Gasteiger partial charge in [-0.1, -0.05) is 39.5 Å². The summed E-state index contributed by atoms with van der Waals surface area (Å²) in [5.74, 6) is 1.14. The molecule has 14 heavy (non-hydrogen) atoms. The molecule has 0 aliphatic carbocycles. The Morgan fingerprint density at radius 1 is 1.43 bits per heavy atom. The molecule has 1 N–H and O–H groups in total. The predicted molar refractivity (Wildman–Crippen MR) is 56.5 cm³/mol. The van der Waals surface area contributed by atoms with E-state index in [1.54, 1.807) is 6.07 Å². The SMILES string of the molecule is CCCCCCC(C)c1cc(=O)[nH]o1. The van der Waals surface area contributed by atoms with Gasteiger partial charge in [-0.2, -0.15) is 5.16 Å². The maximum absolute atomic E-state index is 10.8. The van der Waals surface area contributed by atoms with Gasteiger partial charge in [0.05, 0.1) is 0 Å². The van der Waals surface area contributed by atoms with Crippen molar-refractivity contribution in [2.45, 2.75) is 51.9 Å². The van der Waals surface area contributed by atoms with Gasteiger partial charge < -0.3 is 4.52 Å². The van der Waals surface area contributed by atoms with Gasteiger partial charge in [0.25, 0.3) is 5.56 Å². The maximum atomic E-state index is 10.8. The first-order chi connectivity index (χ1) is 6.74. The van der Waals surface area contributed by atoms with Crippen molar-refractivity contribution in [3.63, 3.8) is 0 Å². The summed E-state index contributed by atoms with van der Waals surface area (Å²) in [6.45, 7) is 4.30. The van der Waals surface area contributed by atoms with Gasteiger partial charge in [0.15, 0.2) is 0 Å². The van der Waals surface area contributed by atoms with Crippen LogP contribution in [0.25, 0.3) is 0 Å². The lowest BCUT2D eigenvalue weighted by Crippen LogP contribution is -1.95. The zero-order valence-electron chi connectivity index (χ0n) is 9.01. The van der Waals surface area contributed by atoms with Crippen molar-refractivity contribution in [1.82, 2.24) is 5.16 Å². The van der Waals surface area contributed by atoms with Gasteiger partial charge >= 0.3 is 0 Å². The predicted octanol–water partition coefficient (Wildman–Crippen LogP) is 3.04. The molecule has 0 radical (unpaired) electrons. The number of H-pyrrole nitrogens is 1. The summed E-state index contributed by atoms with van der Waals surface area (Å²) in [6.07, 6.45) is 6.14. The molecule has 0 aliphatic rings. The number of hydrogen-bond acceptors (Lipinski definition) is 2. The summed E-state index contributed by atoms with van der Waals surface area (Å²) in [7, 11) is 0. The number of rotatable bonds is 6. The lowest BCUT2D eigenvalue weighted by atomic mass is 10.0. The Hall–Kier alpha value is -0.990. The molecule has 3 nitrogen and oxygen atoms in total. The lowest BCUT2D eigenvalue weighted by molar-refractivity contribution is 0.353. The molecule has 0 spiro atoms.